The highest BCUT2D eigenvalue weighted by molar-refractivity contribution is 9.10. The molecule has 0 saturated carbocycles. The lowest BCUT2D eigenvalue weighted by Crippen LogP contribution is -2.19. The van der Waals surface area contributed by atoms with Crippen molar-refractivity contribution in [2.24, 2.45) is 5.10 Å². The standard InChI is InChI=1S/C19H16BrN5O4/c1-29-16-7-5-13(6-8-16)10-21-22-19(26)18-17(25(27)28)12-24(23-18)11-14-3-2-4-15(20)9-14/h2-10,12H,11H2,1H3,(H,22,26)/b21-10+. The number of nitro groups is 1. The van der Waals surface area contributed by atoms with Gasteiger partial charge in [-0.05, 0) is 47.5 Å². The number of rotatable bonds is 7. The predicted molar refractivity (Wildman–Crippen MR) is 110 cm³/mol. The molecule has 148 valence electrons. The second-order valence-corrected chi connectivity index (χ2v) is 6.84. The molecule has 0 radical (unpaired) electrons. The van der Waals surface area contributed by atoms with Crippen LogP contribution < -0.4 is 10.2 Å². The summed E-state index contributed by atoms with van der Waals surface area (Å²) in [5.41, 5.74) is 3.17. The molecule has 9 nitrogen and oxygen atoms in total. The Bertz CT molecular complexity index is 1060. The second-order valence-electron chi connectivity index (χ2n) is 5.92. The molecule has 1 heterocycles. The maximum absolute atomic E-state index is 12.3. The number of amides is 1. The zero-order chi connectivity index (χ0) is 20.8. The Kier molecular flexibility index (Phi) is 6.35. The smallest absolute Gasteiger partial charge is 0.320 e. The number of ether oxygens (including phenoxy) is 1. The second kappa shape index (κ2) is 9.11. The number of methoxy groups -OCH3 is 1. The molecule has 29 heavy (non-hydrogen) atoms. The highest BCUT2D eigenvalue weighted by Gasteiger charge is 2.25. The van der Waals surface area contributed by atoms with Crippen molar-refractivity contribution in [3.63, 3.8) is 0 Å². The molecule has 0 atom stereocenters. The number of hydrogen-bond acceptors (Lipinski definition) is 6. The Morgan fingerprint density at radius 3 is 2.76 bits per heavy atom. The summed E-state index contributed by atoms with van der Waals surface area (Å²) in [6, 6.07) is 14.4. The van der Waals surface area contributed by atoms with Crippen LogP contribution in [0, 0.1) is 10.1 Å². The number of nitrogens with one attached hydrogen (secondary N) is 1. The predicted octanol–water partition coefficient (Wildman–Crippen LogP) is 3.37. The van der Waals surface area contributed by atoms with E-state index < -0.39 is 16.5 Å². The van der Waals surface area contributed by atoms with Crippen molar-refractivity contribution in [2.45, 2.75) is 6.54 Å². The lowest BCUT2D eigenvalue weighted by molar-refractivity contribution is -0.385. The fourth-order valence-electron chi connectivity index (χ4n) is 2.52. The highest BCUT2D eigenvalue weighted by Crippen LogP contribution is 2.19. The van der Waals surface area contributed by atoms with Crippen LogP contribution in [0.4, 0.5) is 5.69 Å². The van der Waals surface area contributed by atoms with Crippen LogP contribution in [0.3, 0.4) is 0 Å². The van der Waals surface area contributed by atoms with Gasteiger partial charge in [-0.1, -0.05) is 28.1 Å². The summed E-state index contributed by atoms with van der Waals surface area (Å²) in [5.74, 6) is -0.0766. The first-order valence-electron chi connectivity index (χ1n) is 8.40. The molecule has 1 aromatic heterocycles. The Labute approximate surface area is 174 Å². The summed E-state index contributed by atoms with van der Waals surface area (Å²) in [7, 11) is 1.56. The van der Waals surface area contributed by atoms with Crippen LogP contribution in [0.25, 0.3) is 0 Å². The van der Waals surface area contributed by atoms with E-state index in [4.69, 9.17) is 4.74 Å². The molecule has 0 aliphatic carbocycles. The van der Waals surface area contributed by atoms with Gasteiger partial charge in [-0.2, -0.15) is 10.2 Å². The van der Waals surface area contributed by atoms with Gasteiger partial charge in [-0.3, -0.25) is 19.6 Å². The molecule has 1 N–H and O–H groups in total. The Hall–Kier alpha value is -3.53. The Morgan fingerprint density at radius 1 is 1.34 bits per heavy atom. The number of benzene rings is 2. The van der Waals surface area contributed by atoms with Crippen molar-refractivity contribution in [2.75, 3.05) is 7.11 Å². The van der Waals surface area contributed by atoms with E-state index in [1.54, 1.807) is 31.4 Å². The average Bonchev–Trinajstić information content (AvgIpc) is 3.13. The van der Waals surface area contributed by atoms with Gasteiger partial charge in [0.05, 0.1) is 24.8 Å². The van der Waals surface area contributed by atoms with Crippen molar-refractivity contribution in [3.05, 3.63) is 86.1 Å². The number of carbonyl (C=O) groups excluding carboxylic acids is 1. The van der Waals surface area contributed by atoms with Crippen LogP contribution in [0.5, 0.6) is 5.75 Å². The Balaban J connectivity index is 1.73. The molecule has 0 bridgehead atoms. The van der Waals surface area contributed by atoms with Crippen LogP contribution in [-0.2, 0) is 6.54 Å². The van der Waals surface area contributed by atoms with Gasteiger partial charge in [0.1, 0.15) is 11.9 Å². The maximum Gasteiger partial charge on any atom is 0.320 e. The first kappa shape index (κ1) is 20.2. The van der Waals surface area contributed by atoms with E-state index >= 15 is 0 Å². The van der Waals surface area contributed by atoms with Crippen LogP contribution >= 0.6 is 15.9 Å². The minimum atomic E-state index is -0.769. The van der Waals surface area contributed by atoms with Crippen molar-refractivity contribution >= 4 is 33.7 Å². The van der Waals surface area contributed by atoms with Crippen molar-refractivity contribution < 1.29 is 14.5 Å². The van der Waals surface area contributed by atoms with Crippen molar-refractivity contribution in [1.82, 2.24) is 15.2 Å². The molecule has 0 spiro atoms. The van der Waals surface area contributed by atoms with Gasteiger partial charge < -0.3 is 4.74 Å². The summed E-state index contributed by atoms with van der Waals surface area (Å²) in [5, 5.41) is 19.2. The fraction of sp³-hybridized carbons (Fsp3) is 0.105. The number of carbonyl (C=O) groups is 1. The van der Waals surface area contributed by atoms with Gasteiger partial charge in [0, 0.05) is 4.47 Å². The van der Waals surface area contributed by atoms with Crippen LogP contribution in [0.2, 0.25) is 0 Å². The molecule has 3 aromatic rings. The van der Waals surface area contributed by atoms with E-state index in [9.17, 15) is 14.9 Å². The highest BCUT2D eigenvalue weighted by atomic mass is 79.9. The van der Waals surface area contributed by atoms with Gasteiger partial charge >= 0.3 is 5.69 Å². The van der Waals surface area contributed by atoms with Crippen LogP contribution in [-0.4, -0.2) is 33.9 Å². The first-order chi connectivity index (χ1) is 14.0. The summed E-state index contributed by atoms with van der Waals surface area (Å²) in [6.07, 6.45) is 2.64. The topological polar surface area (TPSA) is 112 Å². The molecule has 2 aromatic carbocycles. The number of nitrogens with zero attached hydrogens (tertiary/aromatic N) is 4. The minimum Gasteiger partial charge on any atom is -0.497 e. The SMILES string of the molecule is COc1ccc(/C=N/NC(=O)c2nn(Cc3cccc(Br)c3)cc2[N+](=O)[O-])cc1. The Morgan fingerprint density at radius 2 is 2.10 bits per heavy atom. The monoisotopic (exact) mass is 457 g/mol. The molecule has 0 unspecified atom stereocenters. The summed E-state index contributed by atoms with van der Waals surface area (Å²) < 4.78 is 7.29. The van der Waals surface area contributed by atoms with E-state index in [0.717, 1.165) is 15.6 Å². The maximum atomic E-state index is 12.3. The van der Waals surface area contributed by atoms with Gasteiger partial charge in [-0.25, -0.2) is 5.43 Å². The quantitative estimate of drug-likeness (QED) is 0.332. The fourth-order valence-corrected chi connectivity index (χ4v) is 2.96. The van der Waals surface area contributed by atoms with Crippen LogP contribution in [0.1, 0.15) is 21.6 Å². The van der Waals surface area contributed by atoms with E-state index in [1.807, 2.05) is 24.3 Å². The van der Waals surface area contributed by atoms with E-state index in [2.05, 4.69) is 31.6 Å². The van der Waals surface area contributed by atoms with Gasteiger partial charge in [0.15, 0.2) is 0 Å². The first-order valence-corrected chi connectivity index (χ1v) is 9.19. The zero-order valence-corrected chi connectivity index (χ0v) is 16.9. The van der Waals surface area contributed by atoms with Gasteiger partial charge in [0.25, 0.3) is 5.91 Å². The van der Waals surface area contributed by atoms with Crippen LogP contribution in [0.15, 0.2) is 64.3 Å². The molecule has 1 amide bonds. The largest absolute Gasteiger partial charge is 0.497 e. The van der Waals surface area contributed by atoms with Crippen molar-refractivity contribution in [3.8, 4) is 5.75 Å². The van der Waals surface area contributed by atoms with Crippen molar-refractivity contribution in [1.29, 1.82) is 0 Å². The summed E-state index contributed by atoms with van der Waals surface area (Å²) in [4.78, 5) is 23.0. The lowest BCUT2D eigenvalue weighted by atomic mass is 10.2. The number of hydrazone groups is 1. The molecular formula is C19H16BrN5O4. The molecular weight excluding hydrogens is 442 g/mol. The lowest BCUT2D eigenvalue weighted by Gasteiger charge is -2.01. The number of hydrogen-bond donors (Lipinski definition) is 1. The van der Waals surface area contributed by atoms with Gasteiger partial charge in [-0.15, -0.1) is 0 Å². The number of aromatic nitrogens is 2. The molecule has 10 heteroatoms. The summed E-state index contributed by atoms with van der Waals surface area (Å²) >= 11 is 3.37. The minimum absolute atomic E-state index is 0.280. The molecule has 0 aliphatic rings. The average molecular weight is 458 g/mol. The normalized spacial score (nSPS) is 10.8. The third kappa shape index (κ3) is 5.26. The summed E-state index contributed by atoms with van der Waals surface area (Å²) in [6.45, 7) is 0.280. The van der Waals surface area contributed by atoms with E-state index in [0.29, 0.717) is 5.75 Å². The van der Waals surface area contributed by atoms with E-state index in [1.165, 1.54) is 17.1 Å². The molecule has 0 fully saturated rings. The third-order valence-electron chi connectivity index (χ3n) is 3.88. The molecule has 3 rings (SSSR count). The van der Waals surface area contributed by atoms with Gasteiger partial charge in [0.2, 0.25) is 5.69 Å². The van der Waals surface area contributed by atoms with E-state index in [-0.39, 0.29) is 12.2 Å². The zero-order valence-electron chi connectivity index (χ0n) is 15.3. The molecule has 0 aliphatic heterocycles. The number of halogens is 1. The molecule has 0 saturated heterocycles. The third-order valence-corrected chi connectivity index (χ3v) is 4.38.